The van der Waals surface area contributed by atoms with Crippen molar-refractivity contribution in [1.82, 2.24) is 10.2 Å². The van der Waals surface area contributed by atoms with Gasteiger partial charge in [-0.05, 0) is 43.9 Å². The first-order valence-corrected chi connectivity index (χ1v) is 10.4. The molecule has 1 amide bonds. The third-order valence-electron chi connectivity index (χ3n) is 4.72. The highest BCUT2D eigenvalue weighted by atomic mass is 35.5. The lowest BCUT2D eigenvalue weighted by molar-refractivity contribution is -0.135. The van der Waals surface area contributed by atoms with Gasteiger partial charge in [0.2, 0.25) is 5.91 Å². The van der Waals surface area contributed by atoms with Crippen LogP contribution < -0.4 is 14.8 Å². The van der Waals surface area contributed by atoms with Crippen molar-refractivity contribution in [2.75, 3.05) is 26.3 Å². The zero-order chi connectivity index (χ0) is 19.8. The number of amides is 1. The van der Waals surface area contributed by atoms with E-state index >= 15 is 0 Å². The number of carbonyl (C=O) groups excluding carboxylic acids is 1. The summed E-state index contributed by atoms with van der Waals surface area (Å²) in [7, 11) is 0. The summed E-state index contributed by atoms with van der Waals surface area (Å²) in [4.78, 5) is 14.1. The maximum atomic E-state index is 12.1. The van der Waals surface area contributed by atoms with Crippen molar-refractivity contribution in [3.63, 3.8) is 0 Å². The fraction of sp³-hybridized carbons (Fsp3) is 0.667. The molecule has 1 aliphatic heterocycles. The Morgan fingerprint density at radius 1 is 1.26 bits per heavy atom. The molecule has 0 radical (unpaired) electrons. The van der Waals surface area contributed by atoms with Gasteiger partial charge in [0.05, 0.1) is 18.2 Å². The van der Waals surface area contributed by atoms with Crippen molar-refractivity contribution in [3.8, 4) is 11.5 Å². The molecular formula is C21H33ClN2O3. The van der Waals surface area contributed by atoms with Gasteiger partial charge in [-0.1, -0.05) is 32.4 Å². The molecule has 0 unspecified atom stereocenters. The summed E-state index contributed by atoms with van der Waals surface area (Å²) in [5.74, 6) is 1.66. The van der Waals surface area contributed by atoms with E-state index in [0.29, 0.717) is 35.8 Å². The lowest BCUT2D eigenvalue weighted by Gasteiger charge is -2.33. The first-order valence-electron chi connectivity index (χ1n) is 10.1. The minimum absolute atomic E-state index is 0.0714. The molecule has 0 atom stereocenters. The Labute approximate surface area is 168 Å². The molecule has 1 aliphatic rings. The molecular weight excluding hydrogens is 364 g/mol. The van der Waals surface area contributed by atoms with Crippen molar-refractivity contribution in [1.29, 1.82) is 0 Å². The third kappa shape index (κ3) is 6.28. The van der Waals surface area contributed by atoms with Crippen LogP contribution in [0.25, 0.3) is 0 Å². The van der Waals surface area contributed by atoms with Crippen LogP contribution in [-0.4, -0.2) is 43.2 Å². The standard InChI is InChI=1S/C21H33ClN2O3/c1-5-11-27-20-18(22)12-16(13-19(20)26-6-2)14-23-17-7-9-24(10-8-17)21(25)15(3)4/h12-13,15,17,23H,5-11,14H2,1-4H3. The van der Waals surface area contributed by atoms with Crippen LogP contribution in [0.2, 0.25) is 5.02 Å². The average molecular weight is 397 g/mol. The van der Waals surface area contributed by atoms with Gasteiger partial charge < -0.3 is 19.7 Å². The summed E-state index contributed by atoms with van der Waals surface area (Å²) < 4.78 is 11.5. The van der Waals surface area contributed by atoms with Crippen molar-refractivity contribution < 1.29 is 14.3 Å². The molecule has 1 heterocycles. The van der Waals surface area contributed by atoms with Gasteiger partial charge in [-0.25, -0.2) is 0 Å². The molecule has 152 valence electrons. The number of hydrogen-bond acceptors (Lipinski definition) is 4. The second-order valence-electron chi connectivity index (χ2n) is 7.32. The molecule has 0 aliphatic carbocycles. The molecule has 5 nitrogen and oxygen atoms in total. The number of halogens is 1. The van der Waals surface area contributed by atoms with Gasteiger partial charge in [-0.15, -0.1) is 0 Å². The number of carbonyl (C=O) groups is 1. The molecule has 0 spiro atoms. The number of ether oxygens (including phenoxy) is 2. The molecule has 2 rings (SSSR count). The smallest absolute Gasteiger partial charge is 0.225 e. The number of likely N-dealkylation sites (tertiary alicyclic amines) is 1. The monoisotopic (exact) mass is 396 g/mol. The third-order valence-corrected chi connectivity index (χ3v) is 5.00. The Kier molecular flexibility index (Phi) is 8.71. The van der Waals surface area contributed by atoms with Crippen molar-refractivity contribution in [3.05, 3.63) is 22.7 Å². The van der Waals surface area contributed by atoms with E-state index < -0.39 is 0 Å². The second kappa shape index (κ2) is 10.8. The lowest BCUT2D eigenvalue weighted by Crippen LogP contribution is -2.45. The van der Waals surface area contributed by atoms with E-state index in [2.05, 4.69) is 12.2 Å². The predicted molar refractivity (Wildman–Crippen MR) is 110 cm³/mol. The highest BCUT2D eigenvalue weighted by Gasteiger charge is 2.24. The van der Waals surface area contributed by atoms with Crippen molar-refractivity contribution >= 4 is 17.5 Å². The molecule has 0 bridgehead atoms. The minimum Gasteiger partial charge on any atom is -0.490 e. The summed E-state index contributed by atoms with van der Waals surface area (Å²) in [6.07, 6.45) is 2.87. The van der Waals surface area contributed by atoms with E-state index in [1.54, 1.807) is 0 Å². The number of piperidine rings is 1. The van der Waals surface area contributed by atoms with E-state index in [1.807, 2.05) is 37.8 Å². The molecule has 1 aromatic rings. The number of nitrogens with zero attached hydrogens (tertiary/aromatic N) is 1. The molecule has 1 saturated heterocycles. The predicted octanol–water partition coefficient (Wildman–Crippen LogP) is 4.26. The molecule has 6 heteroatoms. The van der Waals surface area contributed by atoms with Gasteiger partial charge in [0.25, 0.3) is 0 Å². The summed E-state index contributed by atoms with van der Waals surface area (Å²) >= 11 is 6.43. The number of rotatable bonds is 9. The minimum atomic E-state index is 0.0714. The van der Waals surface area contributed by atoms with Crippen LogP contribution in [0.4, 0.5) is 0 Å². The Balaban J connectivity index is 1.93. The van der Waals surface area contributed by atoms with Crippen LogP contribution in [0, 0.1) is 5.92 Å². The molecule has 0 aromatic heterocycles. The van der Waals surface area contributed by atoms with Gasteiger partial charge in [0, 0.05) is 31.6 Å². The van der Waals surface area contributed by atoms with Gasteiger partial charge in [-0.2, -0.15) is 0 Å². The first kappa shape index (κ1) is 21.8. The molecule has 27 heavy (non-hydrogen) atoms. The first-order chi connectivity index (χ1) is 13.0. The van der Waals surface area contributed by atoms with Crippen LogP contribution in [0.15, 0.2) is 12.1 Å². The van der Waals surface area contributed by atoms with Crippen LogP contribution in [-0.2, 0) is 11.3 Å². The summed E-state index contributed by atoms with van der Waals surface area (Å²) in [5, 5.41) is 4.18. The number of nitrogens with one attached hydrogen (secondary N) is 1. The Morgan fingerprint density at radius 2 is 1.96 bits per heavy atom. The summed E-state index contributed by atoms with van der Waals surface area (Å²) in [6, 6.07) is 4.36. The molecule has 1 fully saturated rings. The Morgan fingerprint density at radius 3 is 2.56 bits per heavy atom. The largest absolute Gasteiger partial charge is 0.490 e. The Bertz CT molecular complexity index is 614. The maximum Gasteiger partial charge on any atom is 0.225 e. The number of hydrogen-bond donors (Lipinski definition) is 1. The maximum absolute atomic E-state index is 12.1. The van der Waals surface area contributed by atoms with Crippen LogP contribution in [0.1, 0.15) is 52.5 Å². The van der Waals surface area contributed by atoms with Crippen LogP contribution in [0.5, 0.6) is 11.5 Å². The fourth-order valence-corrected chi connectivity index (χ4v) is 3.55. The van der Waals surface area contributed by atoms with Crippen LogP contribution in [0.3, 0.4) is 0 Å². The molecule has 1 aromatic carbocycles. The van der Waals surface area contributed by atoms with Crippen molar-refractivity contribution in [2.45, 2.75) is 59.5 Å². The highest BCUT2D eigenvalue weighted by molar-refractivity contribution is 6.32. The van der Waals surface area contributed by atoms with E-state index in [9.17, 15) is 4.79 Å². The van der Waals surface area contributed by atoms with Gasteiger partial charge in [0.1, 0.15) is 0 Å². The molecule has 0 saturated carbocycles. The summed E-state index contributed by atoms with van der Waals surface area (Å²) in [6.45, 7) is 11.5. The fourth-order valence-electron chi connectivity index (χ4n) is 3.26. The Hall–Kier alpha value is -1.46. The second-order valence-corrected chi connectivity index (χ2v) is 7.73. The zero-order valence-electron chi connectivity index (χ0n) is 17.0. The van der Waals surface area contributed by atoms with Gasteiger partial charge in [-0.3, -0.25) is 4.79 Å². The number of benzene rings is 1. The van der Waals surface area contributed by atoms with Gasteiger partial charge in [0.15, 0.2) is 11.5 Å². The SMILES string of the molecule is CCCOc1c(Cl)cc(CNC2CCN(C(=O)C(C)C)CC2)cc1OCC. The van der Waals surface area contributed by atoms with E-state index in [-0.39, 0.29) is 11.8 Å². The quantitative estimate of drug-likeness (QED) is 0.677. The van der Waals surface area contributed by atoms with Gasteiger partial charge >= 0.3 is 0 Å². The lowest BCUT2D eigenvalue weighted by atomic mass is 10.0. The highest BCUT2D eigenvalue weighted by Crippen LogP contribution is 2.37. The summed E-state index contributed by atoms with van der Waals surface area (Å²) in [5.41, 5.74) is 1.08. The normalized spacial score (nSPS) is 15.3. The average Bonchev–Trinajstić information content (AvgIpc) is 2.65. The van der Waals surface area contributed by atoms with Crippen LogP contribution >= 0.6 is 11.6 Å². The van der Waals surface area contributed by atoms with E-state index in [0.717, 1.165) is 44.5 Å². The topological polar surface area (TPSA) is 50.8 Å². The zero-order valence-corrected chi connectivity index (χ0v) is 17.8. The van der Waals surface area contributed by atoms with Crippen molar-refractivity contribution in [2.24, 2.45) is 5.92 Å². The van der Waals surface area contributed by atoms with E-state index in [1.165, 1.54) is 0 Å². The molecule has 1 N–H and O–H groups in total. The van der Waals surface area contributed by atoms with E-state index in [4.69, 9.17) is 21.1 Å².